The van der Waals surface area contributed by atoms with Gasteiger partial charge in [-0.15, -0.1) is 22.7 Å². The van der Waals surface area contributed by atoms with Gasteiger partial charge in [0.25, 0.3) is 0 Å². The van der Waals surface area contributed by atoms with Crippen molar-refractivity contribution in [2.45, 2.75) is 0 Å². The summed E-state index contributed by atoms with van der Waals surface area (Å²) in [5, 5.41) is 15.7. The summed E-state index contributed by atoms with van der Waals surface area (Å²) in [7, 11) is 0. The molecular formula is C52H30S2. The standard InChI is InChI=1S/C52H30S2/c1-2-12-31(13-3-1)33-22-23-35-29-36(25-24-34(35)28-33)47-38-16-6-8-18-40(38)48(41-19-9-7-17-39(41)47)44-30-46-49(42-20-10-11-21-45(42)53-46)50-43-27-26-32-14-4-5-15-37(32)51(43)54-52(44)50/h1-30H. The maximum Gasteiger partial charge on any atom is 0.0441 e. The monoisotopic (exact) mass is 718 g/mol. The van der Waals surface area contributed by atoms with Gasteiger partial charge in [0.05, 0.1) is 0 Å². The molecule has 2 aromatic heterocycles. The second-order valence-electron chi connectivity index (χ2n) is 14.3. The molecule has 0 nitrogen and oxygen atoms in total. The highest BCUT2D eigenvalue weighted by atomic mass is 32.1. The average molecular weight is 719 g/mol. The first kappa shape index (κ1) is 30.2. The Kier molecular flexibility index (Phi) is 6.48. The maximum absolute atomic E-state index is 2.51. The second kappa shape index (κ2) is 11.6. The predicted molar refractivity (Wildman–Crippen MR) is 239 cm³/mol. The Hall–Kier alpha value is -6.32. The van der Waals surface area contributed by atoms with Gasteiger partial charge < -0.3 is 0 Å². The average Bonchev–Trinajstić information content (AvgIpc) is 3.81. The Labute approximate surface area is 319 Å². The number of hydrogen-bond donors (Lipinski definition) is 0. The normalized spacial score (nSPS) is 12.1. The maximum atomic E-state index is 2.51. The molecule has 0 aliphatic heterocycles. The fourth-order valence-electron chi connectivity index (χ4n) is 9.01. The van der Waals surface area contributed by atoms with E-state index in [2.05, 4.69) is 182 Å². The molecule has 0 fully saturated rings. The van der Waals surface area contributed by atoms with Crippen molar-refractivity contribution in [2.75, 3.05) is 0 Å². The lowest BCUT2D eigenvalue weighted by atomic mass is 9.85. The van der Waals surface area contributed by atoms with Gasteiger partial charge in [-0.2, -0.15) is 0 Å². The number of rotatable bonds is 3. The van der Waals surface area contributed by atoms with Crippen LogP contribution in [-0.4, -0.2) is 0 Å². The number of fused-ring (bicyclic) bond motifs is 12. The van der Waals surface area contributed by atoms with E-state index in [0.717, 1.165) is 0 Å². The Morgan fingerprint density at radius 2 is 0.852 bits per heavy atom. The van der Waals surface area contributed by atoms with E-state index in [4.69, 9.17) is 0 Å². The van der Waals surface area contributed by atoms with Crippen molar-refractivity contribution < 1.29 is 0 Å². The third kappa shape index (κ3) is 4.36. The molecule has 0 saturated heterocycles. The highest BCUT2D eigenvalue weighted by molar-refractivity contribution is 7.29. The Morgan fingerprint density at radius 3 is 1.59 bits per heavy atom. The van der Waals surface area contributed by atoms with Crippen LogP contribution < -0.4 is 0 Å². The first-order chi connectivity index (χ1) is 26.8. The third-order valence-electron chi connectivity index (χ3n) is 11.4. The Morgan fingerprint density at radius 1 is 0.278 bits per heavy atom. The zero-order valence-corrected chi connectivity index (χ0v) is 30.8. The lowest BCUT2D eigenvalue weighted by Gasteiger charge is -2.19. The van der Waals surface area contributed by atoms with Crippen molar-refractivity contribution in [1.29, 1.82) is 0 Å². The molecule has 0 N–H and O–H groups in total. The molecule has 0 aliphatic rings. The molecule has 0 saturated carbocycles. The van der Waals surface area contributed by atoms with E-state index in [9.17, 15) is 0 Å². The zero-order valence-electron chi connectivity index (χ0n) is 29.1. The molecule has 0 spiro atoms. The van der Waals surface area contributed by atoms with Gasteiger partial charge >= 0.3 is 0 Å². The topological polar surface area (TPSA) is 0 Å². The van der Waals surface area contributed by atoms with Gasteiger partial charge in [-0.1, -0.05) is 158 Å². The van der Waals surface area contributed by atoms with Gasteiger partial charge in [-0.25, -0.2) is 0 Å². The molecule has 10 aromatic carbocycles. The molecule has 0 radical (unpaired) electrons. The van der Waals surface area contributed by atoms with Crippen molar-refractivity contribution in [3.8, 4) is 33.4 Å². The Bertz CT molecular complexity index is 3430. The second-order valence-corrected chi connectivity index (χ2v) is 16.5. The molecule has 2 heteroatoms. The quantitative estimate of drug-likeness (QED) is 0.160. The van der Waals surface area contributed by atoms with Crippen LogP contribution in [0.2, 0.25) is 0 Å². The van der Waals surface area contributed by atoms with Crippen LogP contribution in [0, 0.1) is 0 Å². The van der Waals surface area contributed by atoms with Gasteiger partial charge in [-0.05, 0) is 95.2 Å². The van der Waals surface area contributed by atoms with Crippen LogP contribution in [0.4, 0.5) is 0 Å². The van der Waals surface area contributed by atoms with Gasteiger partial charge in [-0.3, -0.25) is 0 Å². The predicted octanol–water partition coefficient (Wildman–Crippen LogP) is 16.0. The summed E-state index contributed by atoms with van der Waals surface area (Å²) in [5.74, 6) is 0. The minimum absolute atomic E-state index is 1.24. The van der Waals surface area contributed by atoms with E-state index in [1.807, 2.05) is 22.7 Å². The number of hydrogen-bond acceptors (Lipinski definition) is 2. The van der Waals surface area contributed by atoms with E-state index in [1.54, 1.807) is 0 Å². The summed E-state index contributed by atoms with van der Waals surface area (Å²) < 4.78 is 5.40. The fraction of sp³-hybridized carbons (Fsp3) is 0. The van der Waals surface area contributed by atoms with E-state index in [-0.39, 0.29) is 0 Å². The molecule has 54 heavy (non-hydrogen) atoms. The first-order valence-electron chi connectivity index (χ1n) is 18.5. The van der Waals surface area contributed by atoms with Crippen molar-refractivity contribution >= 4 is 106 Å². The summed E-state index contributed by atoms with van der Waals surface area (Å²) >= 11 is 3.88. The molecule has 0 amide bonds. The summed E-state index contributed by atoms with van der Waals surface area (Å²) in [4.78, 5) is 0. The van der Waals surface area contributed by atoms with Crippen LogP contribution in [0.3, 0.4) is 0 Å². The molecule has 0 aliphatic carbocycles. The lowest BCUT2D eigenvalue weighted by molar-refractivity contribution is 1.64. The SMILES string of the molecule is c1ccc(-c2ccc3cc(-c4c5ccccc5c(-c5cc6sc7ccccc7c6c6c5sc5c7ccccc7ccc56)c5ccccc45)ccc3c2)cc1. The number of benzene rings is 10. The fourth-order valence-corrected chi connectivity index (χ4v) is 11.5. The van der Waals surface area contributed by atoms with Crippen LogP contribution >= 0.6 is 22.7 Å². The lowest BCUT2D eigenvalue weighted by Crippen LogP contribution is -1.91. The van der Waals surface area contributed by atoms with E-state index in [0.29, 0.717) is 0 Å². The van der Waals surface area contributed by atoms with E-state index >= 15 is 0 Å². The van der Waals surface area contributed by atoms with Crippen molar-refractivity contribution in [2.24, 2.45) is 0 Å². The van der Waals surface area contributed by atoms with Crippen molar-refractivity contribution in [3.05, 3.63) is 182 Å². The molecule has 12 aromatic rings. The van der Waals surface area contributed by atoms with Crippen LogP contribution in [-0.2, 0) is 0 Å². The number of thiophene rings is 2. The van der Waals surface area contributed by atoms with Gasteiger partial charge in [0.2, 0.25) is 0 Å². The summed E-state index contributed by atoms with van der Waals surface area (Å²) in [6.45, 7) is 0. The molecule has 0 unspecified atom stereocenters. The highest BCUT2D eigenvalue weighted by Crippen LogP contribution is 2.53. The zero-order chi connectivity index (χ0) is 35.3. The summed E-state index contributed by atoms with van der Waals surface area (Å²) in [6, 6.07) is 67.7. The molecule has 250 valence electrons. The third-order valence-corrected chi connectivity index (χ3v) is 13.8. The van der Waals surface area contributed by atoms with Crippen LogP contribution in [0.1, 0.15) is 0 Å². The summed E-state index contributed by atoms with van der Waals surface area (Å²) in [6.07, 6.45) is 0. The molecular weight excluding hydrogens is 689 g/mol. The van der Waals surface area contributed by atoms with E-state index in [1.165, 1.54) is 117 Å². The first-order valence-corrected chi connectivity index (χ1v) is 20.1. The minimum atomic E-state index is 1.24. The molecule has 2 heterocycles. The van der Waals surface area contributed by atoms with E-state index < -0.39 is 0 Å². The van der Waals surface area contributed by atoms with Gasteiger partial charge in [0.1, 0.15) is 0 Å². The highest BCUT2D eigenvalue weighted by Gasteiger charge is 2.23. The largest absolute Gasteiger partial charge is 0.135 e. The van der Waals surface area contributed by atoms with Crippen LogP contribution in [0.15, 0.2) is 182 Å². The molecule has 0 atom stereocenters. The van der Waals surface area contributed by atoms with Crippen LogP contribution in [0.25, 0.3) is 117 Å². The Balaban J connectivity index is 1.18. The van der Waals surface area contributed by atoms with Crippen LogP contribution in [0.5, 0.6) is 0 Å². The van der Waals surface area contributed by atoms with Gasteiger partial charge in [0, 0.05) is 45.9 Å². The molecule has 0 bridgehead atoms. The summed E-state index contributed by atoms with van der Waals surface area (Å²) in [5.41, 5.74) is 7.66. The molecule has 12 rings (SSSR count). The van der Waals surface area contributed by atoms with Crippen molar-refractivity contribution in [1.82, 2.24) is 0 Å². The smallest absolute Gasteiger partial charge is 0.0441 e. The van der Waals surface area contributed by atoms with Crippen molar-refractivity contribution in [3.63, 3.8) is 0 Å². The van der Waals surface area contributed by atoms with Gasteiger partial charge in [0.15, 0.2) is 0 Å². The minimum Gasteiger partial charge on any atom is -0.135 e.